The quantitative estimate of drug-likeness (QED) is 0.379. The van der Waals surface area contributed by atoms with Crippen molar-refractivity contribution in [2.75, 3.05) is 6.54 Å². The van der Waals surface area contributed by atoms with Gasteiger partial charge in [-0.3, -0.25) is 4.79 Å². The Morgan fingerprint density at radius 1 is 1.50 bits per heavy atom. The van der Waals surface area contributed by atoms with Crippen molar-refractivity contribution in [3.8, 4) is 0 Å². The summed E-state index contributed by atoms with van der Waals surface area (Å²) in [5.41, 5.74) is 6.74. The molecule has 2 atom stereocenters. The highest BCUT2D eigenvalue weighted by Crippen LogP contribution is 2.21. The maximum atomic E-state index is 12.6. The number of carbonyl (C=O) groups excluding carboxylic acids is 1. The van der Waals surface area contributed by atoms with Crippen LogP contribution in [-0.4, -0.2) is 34.4 Å². The van der Waals surface area contributed by atoms with Gasteiger partial charge in [0.15, 0.2) is 5.84 Å². The Morgan fingerprint density at radius 3 is 2.75 bits per heavy atom. The maximum Gasteiger partial charge on any atom is 0.233 e. The number of hydrogen-bond acceptors (Lipinski definition) is 3. The molecule has 3 N–H and O–H groups in total. The average molecular weight is 275 g/mol. The molecule has 0 radical (unpaired) electrons. The van der Waals surface area contributed by atoms with E-state index in [-0.39, 0.29) is 17.8 Å². The molecule has 2 rings (SSSR count). The van der Waals surface area contributed by atoms with Crippen molar-refractivity contribution >= 4 is 11.7 Å². The summed E-state index contributed by atoms with van der Waals surface area (Å²) < 4.78 is 0. The van der Waals surface area contributed by atoms with E-state index in [2.05, 4.69) is 5.16 Å². The maximum absolute atomic E-state index is 12.6. The first-order valence-corrected chi connectivity index (χ1v) is 6.95. The van der Waals surface area contributed by atoms with Gasteiger partial charge >= 0.3 is 0 Å². The topological polar surface area (TPSA) is 78.9 Å². The number of nitrogens with two attached hydrogens (primary N) is 1. The van der Waals surface area contributed by atoms with Crippen LogP contribution in [0.1, 0.15) is 25.3 Å². The predicted octanol–water partition coefficient (Wildman–Crippen LogP) is 1.60. The normalized spacial score (nSPS) is 20.9. The molecule has 0 spiro atoms. The molecule has 5 nitrogen and oxygen atoms in total. The molecular formula is C15H21N3O2. The SMILES string of the molecule is CC1CCCN1C(=O)C(Cc1ccccc1)C(N)=NO. The lowest BCUT2D eigenvalue weighted by molar-refractivity contribution is -0.133. The zero-order chi connectivity index (χ0) is 14.5. The number of amides is 1. The highest BCUT2D eigenvalue weighted by Gasteiger charge is 2.33. The number of benzene rings is 1. The van der Waals surface area contributed by atoms with E-state index in [0.717, 1.165) is 24.9 Å². The van der Waals surface area contributed by atoms with Gasteiger partial charge in [0.05, 0.1) is 0 Å². The second kappa shape index (κ2) is 6.41. The van der Waals surface area contributed by atoms with Crippen molar-refractivity contribution in [1.82, 2.24) is 4.90 Å². The molecule has 1 aliphatic rings. The average Bonchev–Trinajstić information content (AvgIpc) is 2.90. The first kappa shape index (κ1) is 14.4. The molecule has 108 valence electrons. The standard InChI is InChI=1S/C15H21N3O2/c1-11-6-5-9-18(11)15(19)13(14(16)17-20)10-12-7-3-2-4-8-12/h2-4,7-8,11,13,20H,5-6,9-10H2,1H3,(H2,16,17). The van der Waals surface area contributed by atoms with E-state index in [0.29, 0.717) is 6.42 Å². The zero-order valence-electron chi connectivity index (χ0n) is 11.7. The number of rotatable bonds is 4. The first-order valence-electron chi connectivity index (χ1n) is 6.95. The van der Waals surface area contributed by atoms with Crippen LogP contribution in [-0.2, 0) is 11.2 Å². The Morgan fingerprint density at radius 2 is 2.20 bits per heavy atom. The minimum Gasteiger partial charge on any atom is -0.409 e. The van der Waals surface area contributed by atoms with Crippen LogP contribution in [0.25, 0.3) is 0 Å². The molecule has 1 amide bonds. The molecule has 5 heteroatoms. The number of oxime groups is 1. The van der Waals surface area contributed by atoms with Crippen LogP contribution in [0.3, 0.4) is 0 Å². The van der Waals surface area contributed by atoms with Gasteiger partial charge in [-0.25, -0.2) is 0 Å². The van der Waals surface area contributed by atoms with E-state index in [1.807, 2.05) is 42.2 Å². The van der Waals surface area contributed by atoms with Crippen LogP contribution < -0.4 is 5.73 Å². The lowest BCUT2D eigenvalue weighted by Crippen LogP contribution is -2.44. The van der Waals surface area contributed by atoms with Gasteiger partial charge in [-0.1, -0.05) is 35.5 Å². The van der Waals surface area contributed by atoms with Gasteiger partial charge in [0, 0.05) is 12.6 Å². The molecule has 0 aliphatic carbocycles. The van der Waals surface area contributed by atoms with E-state index < -0.39 is 5.92 Å². The van der Waals surface area contributed by atoms with Crippen LogP contribution in [0.2, 0.25) is 0 Å². The Hall–Kier alpha value is -2.04. The van der Waals surface area contributed by atoms with Gasteiger partial charge in [0.25, 0.3) is 0 Å². The fourth-order valence-electron chi connectivity index (χ4n) is 2.70. The van der Waals surface area contributed by atoms with Gasteiger partial charge in [0.2, 0.25) is 5.91 Å². The minimum absolute atomic E-state index is 0.0158. The van der Waals surface area contributed by atoms with Crippen LogP contribution in [0.5, 0.6) is 0 Å². The monoisotopic (exact) mass is 275 g/mol. The molecule has 1 fully saturated rings. The number of hydrogen-bond donors (Lipinski definition) is 2. The third kappa shape index (κ3) is 3.10. The molecule has 1 aromatic carbocycles. The van der Waals surface area contributed by atoms with Crippen molar-refractivity contribution in [2.45, 2.75) is 32.2 Å². The Bertz CT molecular complexity index is 487. The predicted molar refractivity (Wildman–Crippen MR) is 77.5 cm³/mol. The van der Waals surface area contributed by atoms with E-state index in [1.54, 1.807) is 0 Å². The number of likely N-dealkylation sites (tertiary alicyclic amines) is 1. The fraction of sp³-hybridized carbons (Fsp3) is 0.467. The second-order valence-electron chi connectivity index (χ2n) is 5.29. The van der Waals surface area contributed by atoms with Crippen molar-refractivity contribution in [3.05, 3.63) is 35.9 Å². The Labute approximate surface area is 119 Å². The summed E-state index contributed by atoms with van der Waals surface area (Å²) >= 11 is 0. The summed E-state index contributed by atoms with van der Waals surface area (Å²) in [6, 6.07) is 9.87. The highest BCUT2D eigenvalue weighted by atomic mass is 16.4. The molecule has 0 aromatic heterocycles. The molecular weight excluding hydrogens is 254 g/mol. The minimum atomic E-state index is -0.594. The van der Waals surface area contributed by atoms with Crippen LogP contribution in [0.15, 0.2) is 35.5 Å². The van der Waals surface area contributed by atoms with Gasteiger partial charge in [-0.2, -0.15) is 0 Å². The molecule has 1 aliphatic heterocycles. The Kier molecular flexibility index (Phi) is 4.61. The summed E-state index contributed by atoms with van der Waals surface area (Å²) in [5.74, 6) is -0.657. The summed E-state index contributed by atoms with van der Waals surface area (Å²) in [4.78, 5) is 14.5. The van der Waals surface area contributed by atoms with E-state index in [1.165, 1.54) is 0 Å². The van der Waals surface area contributed by atoms with Crippen molar-refractivity contribution < 1.29 is 10.0 Å². The Balaban J connectivity index is 2.17. The van der Waals surface area contributed by atoms with Gasteiger partial charge in [-0.05, 0) is 31.7 Å². The van der Waals surface area contributed by atoms with E-state index in [9.17, 15) is 4.79 Å². The fourth-order valence-corrected chi connectivity index (χ4v) is 2.70. The van der Waals surface area contributed by atoms with E-state index in [4.69, 9.17) is 10.9 Å². The molecule has 1 aromatic rings. The molecule has 0 bridgehead atoms. The molecule has 2 unspecified atom stereocenters. The van der Waals surface area contributed by atoms with Gasteiger partial charge in [0.1, 0.15) is 5.92 Å². The third-order valence-corrected chi connectivity index (χ3v) is 3.89. The summed E-state index contributed by atoms with van der Waals surface area (Å²) in [7, 11) is 0. The summed E-state index contributed by atoms with van der Waals surface area (Å²) in [6.07, 6.45) is 2.49. The van der Waals surface area contributed by atoms with Crippen molar-refractivity contribution in [2.24, 2.45) is 16.8 Å². The highest BCUT2D eigenvalue weighted by molar-refractivity contribution is 6.02. The van der Waals surface area contributed by atoms with E-state index >= 15 is 0 Å². The van der Waals surface area contributed by atoms with Crippen LogP contribution >= 0.6 is 0 Å². The number of carbonyl (C=O) groups is 1. The van der Waals surface area contributed by atoms with Crippen molar-refractivity contribution in [1.29, 1.82) is 0 Å². The molecule has 20 heavy (non-hydrogen) atoms. The zero-order valence-corrected chi connectivity index (χ0v) is 11.7. The van der Waals surface area contributed by atoms with Gasteiger partial charge in [-0.15, -0.1) is 0 Å². The summed E-state index contributed by atoms with van der Waals surface area (Å²) in [6.45, 7) is 2.79. The largest absolute Gasteiger partial charge is 0.409 e. The number of nitrogens with zero attached hydrogens (tertiary/aromatic N) is 2. The van der Waals surface area contributed by atoms with Crippen LogP contribution in [0.4, 0.5) is 0 Å². The molecule has 1 saturated heterocycles. The smallest absolute Gasteiger partial charge is 0.233 e. The second-order valence-corrected chi connectivity index (χ2v) is 5.29. The molecule has 0 saturated carbocycles. The lowest BCUT2D eigenvalue weighted by atomic mass is 9.96. The summed E-state index contributed by atoms with van der Waals surface area (Å²) in [5, 5.41) is 12.0. The third-order valence-electron chi connectivity index (χ3n) is 3.89. The van der Waals surface area contributed by atoms with Crippen LogP contribution in [0, 0.1) is 5.92 Å². The molecule has 1 heterocycles. The van der Waals surface area contributed by atoms with Crippen molar-refractivity contribution in [3.63, 3.8) is 0 Å². The first-order chi connectivity index (χ1) is 9.63. The van der Waals surface area contributed by atoms with Gasteiger partial charge < -0.3 is 15.8 Å². The lowest BCUT2D eigenvalue weighted by Gasteiger charge is -2.26. The number of amidine groups is 1.